The van der Waals surface area contributed by atoms with Crippen molar-refractivity contribution in [2.75, 3.05) is 112 Å². The molecule has 6 heterocycles. The molecule has 14 nitrogen and oxygen atoms in total. The van der Waals surface area contributed by atoms with E-state index in [-0.39, 0.29) is 44.5 Å². The van der Waals surface area contributed by atoms with Crippen LogP contribution in [0.2, 0.25) is 0 Å². The summed E-state index contributed by atoms with van der Waals surface area (Å²) in [5, 5.41) is 7.03. The fourth-order valence-electron chi connectivity index (χ4n) is 10.5. The summed E-state index contributed by atoms with van der Waals surface area (Å²) in [5.41, 5.74) is 6.04. The van der Waals surface area contributed by atoms with Crippen molar-refractivity contribution in [3.63, 3.8) is 0 Å². The molecule has 2 aromatic heterocycles. The van der Waals surface area contributed by atoms with Gasteiger partial charge in [0, 0.05) is 122 Å². The van der Waals surface area contributed by atoms with Gasteiger partial charge in [-0.2, -0.15) is 0 Å². The van der Waals surface area contributed by atoms with Crippen LogP contribution < -0.4 is 29.1 Å². The van der Waals surface area contributed by atoms with Crippen LogP contribution in [0.5, 0.6) is 11.5 Å². The van der Waals surface area contributed by atoms with Crippen LogP contribution in [0.3, 0.4) is 0 Å². The molecule has 0 spiro atoms. The second kappa shape index (κ2) is 24.2. The lowest BCUT2D eigenvalue weighted by atomic mass is 10.0. The van der Waals surface area contributed by atoms with E-state index in [2.05, 4.69) is 78.9 Å². The van der Waals surface area contributed by atoms with Crippen molar-refractivity contribution in [1.82, 2.24) is 9.80 Å². The van der Waals surface area contributed by atoms with Crippen LogP contribution in [0.25, 0.3) is 20.2 Å². The predicted octanol–water partition coefficient (Wildman–Crippen LogP) is 9.51. The molecule has 0 aliphatic carbocycles. The monoisotopic (exact) mass is 1030 g/mol. The number of hydrogen-bond donors (Lipinski definition) is 0. The van der Waals surface area contributed by atoms with Gasteiger partial charge in [0.05, 0.1) is 24.6 Å². The van der Waals surface area contributed by atoms with E-state index in [0.29, 0.717) is 61.8 Å². The zero-order chi connectivity index (χ0) is 49.9. The topological polar surface area (TPSA) is 125 Å². The standard InChI is InChI=1S/C57H66N6O8S2/c64-54-20-16-42-14-18-44(68-34-3-1-24-58-26-30-60(31-27-58)48-8-5-10-52-46(48)22-36-72-52)38-50(42)62(54)40-70-56(66)12-7-13-57(67)71-41-63-51-39-45(19-15-43(51)17-21-55(63)65)69-35-4-2-25-59-28-32-61(33-29-59)49-9-6-11-53-47(49)23-37-73-53/h5-6,8-11,14-15,18-19,22-23,36-39H,1-4,7,12-13,16-17,20-21,24-35,40-41H2. The Hall–Kier alpha value is -6.20. The number of anilines is 4. The number of aryl methyl sites for hydroxylation is 2. The van der Waals surface area contributed by atoms with Gasteiger partial charge >= 0.3 is 11.9 Å². The molecule has 2 amide bonds. The van der Waals surface area contributed by atoms with Gasteiger partial charge in [0.1, 0.15) is 11.5 Å². The van der Waals surface area contributed by atoms with Crippen molar-refractivity contribution in [2.45, 2.75) is 70.6 Å². The minimum Gasteiger partial charge on any atom is -0.494 e. The van der Waals surface area contributed by atoms with Crippen molar-refractivity contribution in [3.8, 4) is 11.5 Å². The molecule has 4 aliphatic rings. The Bertz CT molecular complexity index is 2680. The van der Waals surface area contributed by atoms with E-state index >= 15 is 0 Å². The lowest BCUT2D eigenvalue weighted by Crippen LogP contribution is -2.46. The molecule has 6 aromatic rings. The number of carbonyl (C=O) groups excluding carboxylic acids is 4. The Morgan fingerprint density at radius 1 is 0.479 bits per heavy atom. The summed E-state index contributed by atoms with van der Waals surface area (Å²) in [6.45, 7) is 11.0. The molecule has 0 radical (unpaired) electrons. The third-order valence-corrected chi connectivity index (χ3v) is 16.4. The van der Waals surface area contributed by atoms with Crippen LogP contribution in [0.15, 0.2) is 95.7 Å². The molecule has 16 heteroatoms. The number of unbranched alkanes of at least 4 members (excludes halogenated alkanes) is 2. The van der Waals surface area contributed by atoms with Crippen LogP contribution in [0.1, 0.15) is 68.9 Å². The summed E-state index contributed by atoms with van der Waals surface area (Å²) < 4.78 is 26.1. The SMILES string of the molecule is O=C(CCCC(=O)OCN1C(=O)CCc2ccc(OCCCCN3CCN(c4cccc5sccc45)CC3)cc21)OCN1C(=O)CCc2ccc(OCCCCN3CCN(c4cccc5sccc45)CC3)cc21. The molecule has 4 aromatic carbocycles. The maximum atomic E-state index is 13.1. The number of benzene rings is 4. The molecule has 73 heavy (non-hydrogen) atoms. The Kier molecular flexibility index (Phi) is 16.7. The minimum absolute atomic E-state index is 0.0235. The van der Waals surface area contributed by atoms with E-state index in [0.717, 1.165) is 102 Å². The summed E-state index contributed by atoms with van der Waals surface area (Å²) in [7, 11) is 0. The minimum atomic E-state index is -0.518. The molecule has 2 fully saturated rings. The number of esters is 2. The van der Waals surface area contributed by atoms with E-state index in [1.807, 2.05) is 36.4 Å². The Balaban J connectivity index is 0.601. The second-order valence-electron chi connectivity index (χ2n) is 19.4. The molecule has 0 unspecified atom stereocenters. The third-order valence-electron chi connectivity index (χ3n) is 14.6. The zero-order valence-electron chi connectivity index (χ0n) is 41.7. The highest BCUT2D eigenvalue weighted by molar-refractivity contribution is 7.17. The largest absolute Gasteiger partial charge is 0.494 e. The summed E-state index contributed by atoms with van der Waals surface area (Å²) >= 11 is 3.59. The number of rotatable bonds is 22. The van der Waals surface area contributed by atoms with Gasteiger partial charge in [-0.15, -0.1) is 22.7 Å². The summed E-state index contributed by atoms with van der Waals surface area (Å²) in [6.07, 6.45) is 5.89. The number of piperazine rings is 2. The van der Waals surface area contributed by atoms with Gasteiger partial charge in [-0.3, -0.25) is 38.8 Å². The van der Waals surface area contributed by atoms with Gasteiger partial charge in [0.2, 0.25) is 11.8 Å². The molecule has 2 saturated heterocycles. The van der Waals surface area contributed by atoms with Crippen molar-refractivity contribution in [2.24, 2.45) is 0 Å². The lowest BCUT2D eigenvalue weighted by molar-refractivity contribution is -0.145. The van der Waals surface area contributed by atoms with E-state index in [1.54, 1.807) is 22.7 Å². The average Bonchev–Trinajstić information content (AvgIpc) is 4.12. The van der Waals surface area contributed by atoms with Crippen LogP contribution in [-0.4, -0.2) is 126 Å². The van der Waals surface area contributed by atoms with Gasteiger partial charge in [0.25, 0.3) is 0 Å². The quantitative estimate of drug-likeness (QED) is 0.0475. The number of ether oxygens (including phenoxy) is 4. The van der Waals surface area contributed by atoms with Gasteiger partial charge in [-0.25, -0.2) is 0 Å². The van der Waals surface area contributed by atoms with Crippen LogP contribution >= 0.6 is 22.7 Å². The Labute approximate surface area is 435 Å². The van der Waals surface area contributed by atoms with Crippen molar-refractivity contribution < 1.29 is 38.1 Å². The number of hydrogen-bond acceptors (Lipinski definition) is 14. The van der Waals surface area contributed by atoms with Crippen molar-refractivity contribution in [3.05, 3.63) is 107 Å². The lowest BCUT2D eigenvalue weighted by Gasteiger charge is -2.36. The number of carbonyl (C=O) groups is 4. The van der Waals surface area contributed by atoms with Gasteiger partial charge < -0.3 is 28.7 Å². The molecule has 0 saturated carbocycles. The van der Waals surface area contributed by atoms with E-state index < -0.39 is 11.9 Å². The third kappa shape index (κ3) is 12.6. The number of amides is 2. The molecule has 0 N–H and O–H groups in total. The predicted molar refractivity (Wildman–Crippen MR) is 291 cm³/mol. The molecular formula is C57H66N6O8S2. The highest BCUT2D eigenvalue weighted by Gasteiger charge is 2.28. The number of nitrogens with zero attached hydrogens (tertiary/aromatic N) is 6. The maximum Gasteiger partial charge on any atom is 0.307 e. The summed E-state index contributed by atoms with van der Waals surface area (Å²) in [4.78, 5) is 64.9. The van der Waals surface area contributed by atoms with Gasteiger partial charge in [0.15, 0.2) is 13.5 Å². The first-order chi connectivity index (χ1) is 35.8. The van der Waals surface area contributed by atoms with Gasteiger partial charge in [-0.05, 0) is 128 Å². The number of fused-ring (bicyclic) bond motifs is 4. The second-order valence-corrected chi connectivity index (χ2v) is 21.3. The fraction of sp³-hybridized carbons (Fsp3) is 0.439. The van der Waals surface area contributed by atoms with Crippen LogP contribution in [0.4, 0.5) is 22.7 Å². The molecular weight excluding hydrogens is 961 g/mol. The van der Waals surface area contributed by atoms with Crippen LogP contribution in [0, 0.1) is 0 Å². The first-order valence-electron chi connectivity index (χ1n) is 26.1. The van der Waals surface area contributed by atoms with E-state index in [1.165, 1.54) is 41.3 Å². The molecule has 384 valence electrons. The molecule has 0 atom stereocenters. The van der Waals surface area contributed by atoms with E-state index in [9.17, 15) is 19.2 Å². The molecule has 4 aliphatic heterocycles. The zero-order valence-corrected chi connectivity index (χ0v) is 43.3. The normalized spacial score (nSPS) is 16.5. The maximum absolute atomic E-state index is 13.1. The average molecular weight is 1030 g/mol. The van der Waals surface area contributed by atoms with Crippen LogP contribution in [-0.2, 0) is 41.5 Å². The molecule has 10 rings (SSSR count). The van der Waals surface area contributed by atoms with E-state index in [4.69, 9.17) is 18.9 Å². The first-order valence-corrected chi connectivity index (χ1v) is 27.9. The van der Waals surface area contributed by atoms with Crippen molar-refractivity contribution >= 4 is 89.3 Å². The fourth-order valence-corrected chi connectivity index (χ4v) is 12.1. The Morgan fingerprint density at radius 2 is 0.932 bits per heavy atom. The highest BCUT2D eigenvalue weighted by Crippen LogP contribution is 2.35. The Morgan fingerprint density at radius 3 is 1.38 bits per heavy atom. The summed E-state index contributed by atoms with van der Waals surface area (Å²) in [6, 6.07) is 29.2. The van der Waals surface area contributed by atoms with Gasteiger partial charge in [-0.1, -0.05) is 24.3 Å². The van der Waals surface area contributed by atoms with Crippen molar-refractivity contribution in [1.29, 1.82) is 0 Å². The highest BCUT2D eigenvalue weighted by atomic mass is 32.1. The smallest absolute Gasteiger partial charge is 0.307 e. The summed E-state index contributed by atoms with van der Waals surface area (Å²) in [5.74, 6) is 0.0640. The first kappa shape index (κ1) is 50.3. The molecule has 0 bridgehead atoms. The number of thiophene rings is 2.